The first-order chi connectivity index (χ1) is 23.8. The molecule has 8 nitrogen and oxygen atoms in total. The summed E-state index contributed by atoms with van der Waals surface area (Å²) < 4.78 is 0. The minimum atomic E-state index is 0.522. The molecule has 4 aromatic carbocycles. The highest BCUT2D eigenvalue weighted by atomic mass is 15.2. The molecule has 0 fully saturated rings. The number of aromatic nitrogens is 8. The predicted molar refractivity (Wildman–Crippen MR) is 188 cm³/mol. The molecule has 0 saturated carbocycles. The molecule has 4 aromatic heterocycles. The molecular formula is C40H28N8. The fraction of sp³-hybridized carbons (Fsp3) is 0. The van der Waals surface area contributed by atoms with Crippen molar-refractivity contribution in [1.82, 2.24) is 40.3 Å². The third-order valence-corrected chi connectivity index (χ3v) is 7.40. The maximum Gasteiger partial charge on any atom is 0.201 e. The van der Waals surface area contributed by atoms with E-state index < -0.39 is 0 Å². The Hall–Kier alpha value is -6.80. The molecule has 0 amide bonds. The topological polar surface area (TPSA) is 103 Å². The van der Waals surface area contributed by atoms with Crippen molar-refractivity contribution in [1.29, 1.82) is 0 Å². The molecule has 0 spiro atoms. The first kappa shape index (κ1) is 29.9. The van der Waals surface area contributed by atoms with Gasteiger partial charge >= 0.3 is 0 Å². The highest BCUT2D eigenvalue weighted by Gasteiger charge is 2.14. The summed E-state index contributed by atoms with van der Waals surface area (Å²) in [5, 5.41) is 17.0. The van der Waals surface area contributed by atoms with E-state index in [1.54, 1.807) is 18.6 Å². The Morgan fingerprint density at radius 3 is 1.54 bits per heavy atom. The van der Waals surface area contributed by atoms with Gasteiger partial charge in [-0.25, -0.2) is 9.97 Å². The van der Waals surface area contributed by atoms with E-state index in [1.165, 1.54) is 0 Å². The SMILES string of the molecule is c1ccc(-c2ccnc(-c3nncc(-c4ccccc4)n3)c2)cc1.c1ccc(-c2nnc(-c3ccccn3)nc2-c2ccccc2)cc1. The van der Waals surface area contributed by atoms with Gasteiger partial charge in [-0.15, -0.1) is 15.3 Å². The summed E-state index contributed by atoms with van der Waals surface area (Å²) in [6, 6.07) is 49.7. The van der Waals surface area contributed by atoms with Gasteiger partial charge in [-0.2, -0.15) is 5.10 Å². The lowest BCUT2D eigenvalue weighted by atomic mass is 10.0. The van der Waals surface area contributed by atoms with Crippen LogP contribution < -0.4 is 0 Å². The van der Waals surface area contributed by atoms with Crippen LogP contribution >= 0.6 is 0 Å². The van der Waals surface area contributed by atoms with Crippen molar-refractivity contribution >= 4 is 0 Å². The molecule has 8 aromatic rings. The van der Waals surface area contributed by atoms with Crippen LogP contribution in [0.15, 0.2) is 170 Å². The molecule has 48 heavy (non-hydrogen) atoms. The number of hydrogen-bond acceptors (Lipinski definition) is 8. The van der Waals surface area contributed by atoms with Crippen LogP contribution in [0.4, 0.5) is 0 Å². The Morgan fingerprint density at radius 2 is 0.896 bits per heavy atom. The van der Waals surface area contributed by atoms with Crippen LogP contribution in [0.25, 0.3) is 67.9 Å². The second-order valence-electron chi connectivity index (χ2n) is 10.6. The molecule has 4 heterocycles. The summed E-state index contributed by atoms with van der Waals surface area (Å²) in [7, 11) is 0. The number of hydrogen-bond donors (Lipinski definition) is 0. The summed E-state index contributed by atoms with van der Waals surface area (Å²) in [5.74, 6) is 1.04. The van der Waals surface area contributed by atoms with Gasteiger partial charge in [0.15, 0.2) is 0 Å². The smallest absolute Gasteiger partial charge is 0.201 e. The minimum absolute atomic E-state index is 0.522. The fourth-order valence-electron chi connectivity index (χ4n) is 5.04. The highest BCUT2D eigenvalue weighted by molar-refractivity contribution is 5.78. The van der Waals surface area contributed by atoms with E-state index in [4.69, 9.17) is 4.98 Å². The molecular weight excluding hydrogens is 592 g/mol. The van der Waals surface area contributed by atoms with E-state index in [0.29, 0.717) is 23.0 Å². The Balaban J connectivity index is 0.000000152. The van der Waals surface area contributed by atoms with Gasteiger partial charge in [0.1, 0.15) is 22.8 Å². The maximum absolute atomic E-state index is 4.75. The quantitative estimate of drug-likeness (QED) is 0.182. The second kappa shape index (κ2) is 14.5. The number of pyridine rings is 2. The zero-order chi connectivity index (χ0) is 32.4. The van der Waals surface area contributed by atoms with Crippen molar-refractivity contribution < 1.29 is 0 Å². The molecule has 0 saturated heterocycles. The van der Waals surface area contributed by atoms with Gasteiger partial charge in [0.05, 0.1) is 11.9 Å². The Labute approximate surface area is 278 Å². The highest BCUT2D eigenvalue weighted by Crippen LogP contribution is 2.29. The van der Waals surface area contributed by atoms with E-state index >= 15 is 0 Å². The third-order valence-electron chi connectivity index (χ3n) is 7.40. The van der Waals surface area contributed by atoms with Crippen molar-refractivity contribution in [3.8, 4) is 67.9 Å². The van der Waals surface area contributed by atoms with Crippen molar-refractivity contribution in [2.24, 2.45) is 0 Å². The first-order valence-electron chi connectivity index (χ1n) is 15.4. The van der Waals surface area contributed by atoms with Crippen molar-refractivity contribution in [3.63, 3.8) is 0 Å². The zero-order valence-electron chi connectivity index (χ0n) is 25.7. The zero-order valence-corrected chi connectivity index (χ0v) is 25.7. The fourth-order valence-corrected chi connectivity index (χ4v) is 5.04. The van der Waals surface area contributed by atoms with Gasteiger partial charge in [0.2, 0.25) is 11.6 Å². The molecule has 0 atom stereocenters. The van der Waals surface area contributed by atoms with E-state index in [0.717, 1.165) is 44.9 Å². The summed E-state index contributed by atoms with van der Waals surface area (Å²) in [6.07, 6.45) is 5.17. The van der Waals surface area contributed by atoms with Crippen LogP contribution in [0.3, 0.4) is 0 Å². The number of nitrogens with zero attached hydrogens (tertiary/aromatic N) is 8. The van der Waals surface area contributed by atoms with Crippen LogP contribution in [0, 0.1) is 0 Å². The summed E-state index contributed by atoms with van der Waals surface area (Å²) in [6.45, 7) is 0. The minimum Gasteiger partial charge on any atom is -0.253 e. The lowest BCUT2D eigenvalue weighted by molar-refractivity contribution is 0.975. The monoisotopic (exact) mass is 620 g/mol. The Kier molecular flexibility index (Phi) is 9.05. The molecule has 8 rings (SSSR count). The van der Waals surface area contributed by atoms with Gasteiger partial charge in [-0.3, -0.25) is 9.97 Å². The van der Waals surface area contributed by atoms with Crippen molar-refractivity contribution in [2.75, 3.05) is 0 Å². The summed E-state index contributed by atoms with van der Waals surface area (Å²) in [5.41, 5.74) is 8.98. The van der Waals surface area contributed by atoms with Crippen LogP contribution in [0.1, 0.15) is 0 Å². The molecule has 0 N–H and O–H groups in total. The van der Waals surface area contributed by atoms with E-state index in [1.807, 2.05) is 140 Å². The summed E-state index contributed by atoms with van der Waals surface area (Å²) >= 11 is 0. The van der Waals surface area contributed by atoms with Crippen molar-refractivity contribution in [2.45, 2.75) is 0 Å². The lowest BCUT2D eigenvalue weighted by Crippen LogP contribution is -2.00. The average molecular weight is 621 g/mol. The number of rotatable bonds is 6. The molecule has 228 valence electrons. The molecule has 0 aliphatic carbocycles. The average Bonchev–Trinajstić information content (AvgIpc) is 3.20. The van der Waals surface area contributed by atoms with E-state index in [-0.39, 0.29) is 0 Å². The maximum atomic E-state index is 4.75. The largest absolute Gasteiger partial charge is 0.253 e. The molecule has 0 aliphatic rings. The van der Waals surface area contributed by atoms with Gasteiger partial charge < -0.3 is 0 Å². The molecule has 0 unspecified atom stereocenters. The van der Waals surface area contributed by atoms with Crippen LogP contribution in [0.5, 0.6) is 0 Å². The van der Waals surface area contributed by atoms with Crippen molar-refractivity contribution in [3.05, 3.63) is 170 Å². The van der Waals surface area contributed by atoms with E-state index in [9.17, 15) is 0 Å². The van der Waals surface area contributed by atoms with Gasteiger partial charge in [0, 0.05) is 29.1 Å². The van der Waals surface area contributed by atoms with Gasteiger partial charge in [-0.1, -0.05) is 127 Å². The van der Waals surface area contributed by atoms with Gasteiger partial charge in [-0.05, 0) is 35.4 Å². The Morgan fingerprint density at radius 1 is 0.333 bits per heavy atom. The van der Waals surface area contributed by atoms with Crippen LogP contribution in [-0.2, 0) is 0 Å². The standard InChI is InChI=1S/2C20H14N4/c1-3-9-15(10-4-1)18-19(16-11-5-2-6-12-16)23-24-20(22-18)17-13-7-8-14-21-17;1-3-7-15(8-4-1)17-11-12-21-18(13-17)20-23-19(14-22-24-20)16-9-5-2-6-10-16/h2*1-14H. The first-order valence-corrected chi connectivity index (χ1v) is 15.4. The molecule has 0 aliphatic heterocycles. The van der Waals surface area contributed by atoms with E-state index in [2.05, 4.69) is 47.5 Å². The van der Waals surface area contributed by atoms with Crippen LogP contribution in [0.2, 0.25) is 0 Å². The molecule has 0 radical (unpaired) electrons. The lowest BCUT2D eigenvalue weighted by Gasteiger charge is -2.09. The number of benzene rings is 4. The summed E-state index contributed by atoms with van der Waals surface area (Å²) in [4.78, 5) is 18.1. The van der Waals surface area contributed by atoms with Gasteiger partial charge in [0.25, 0.3) is 0 Å². The predicted octanol–water partition coefficient (Wildman–Crippen LogP) is 8.54. The second-order valence-corrected chi connectivity index (χ2v) is 10.6. The normalized spacial score (nSPS) is 10.5. The molecule has 8 heteroatoms. The van der Waals surface area contributed by atoms with Crippen LogP contribution in [-0.4, -0.2) is 40.3 Å². The third kappa shape index (κ3) is 7.03. The Bertz CT molecular complexity index is 2140. The molecule has 0 bridgehead atoms.